The van der Waals surface area contributed by atoms with Gasteiger partial charge in [0.2, 0.25) is 12.2 Å². The summed E-state index contributed by atoms with van der Waals surface area (Å²) in [5.41, 5.74) is 5.17. The minimum absolute atomic E-state index is 0.00251. The van der Waals surface area contributed by atoms with Crippen LogP contribution in [-0.2, 0) is 20.8 Å². The van der Waals surface area contributed by atoms with Gasteiger partial charge in [-0.1, -0.05) is 41.9 Å². The summed E-state index contributed by atoms with van der Waals surface area (Å²) in [5.74, 6) is -2.75. The van der Waals surface area contributed by atoms with Crippen LogP contribution < -0.4 is 10.7 Å². The Morgan fingerprint density at radius 1 is 1.07 bits per heavy atom. The number of H-pyrrole nitrogens is 1. The lowest BCUT2D eigenvalue weighted by atomic mass is 10.0. The van der Waals surface area contributed by atoms with Gasteiger partial charge in [-0.15, -0.1) is 5.10 Å². The molecule has 4 N–H and O–H groups in total. The number of fused-ring (bicyclic) bond motifs is 1. The second kappa shape index (κ2) is 11.7. The Bertz CT molecular complexity index is 1740. The standard InChI is InChI=1S/C27H21ClN8O5/c28-18-6-9-23(35-15-29-33-34-35)21(13-18)32-36(25(38)14-37)24(10-16-4-2-1-3-5-16)26(39)30-19-7-8-20-17(11-19)12-22(31-20)27(40)41/h1-9,11-15,24,31-32H,10H2,(H,30,39)(H,40,41). The average Bonchev–Trinajstić information content (AvgIpc) is 3.65. The van der Waals surface area contributed by atoms with E-state index >= 15 is 0 Å². The average molecular weight is 573 g/mol. The molecule has 0 aliphatic carbocycles. The Morgan fingerprint density at radius 2 is 1.88 bits per heavy atom. The summed E-state index contributed by atoms with van der Waals surface area (Å²) in [7, 11) is 0. The van der Waals surface area contributed by atoms with Crippen molar-refractivity contribution in [2.45, 2.75) is 12.5 Å². The molecular weight excluding hydrogens is 552 g/mol. The zero-order chi connectivity index (χ0) is 28.9. The van der Waals surface area contributed by atoms with Gasteiger partial charge in [0.05, 0.1) is 11.4 Å². The highest BCUT2D eigenvalue weighted by molar-refractivity contribution is 6.31. The summed E-state index contributed by atoms with van der Waals surface area (Å²) in [6.07, 6.45) is 1.47. The first kappa shape index (κ1) is 27.0. The highest BCUT2D eigenvalue weighted by Gasteiger charge is 2.31. The lowest BCUT2D eigenvalue weighted by molar-refractivity contribution is -0.141. The predicted octanol–water partition coefficient (Wildman–Crippen LogP) is 3.10. The molecule has 0 saturated carbocycles. The van der Waals surface area contributed by atoms with Crippen molar-refractivity contribution in [1.29, 1.82) is 0 Å². The zero-order valence-corrected chi connectivity index (χ0v) is 21.8. The summed E-state index contributed by atoms with van der Waals surface area (Å²) >= 11 is 6.23. The number of carbonyl (C=O) groups is 4. The molecule has 2 aromatic heterocycles. The second-order valence-corrected chi connectivity index (χ2v) is 9.28. The van der Waals surface area contributed by atoms with E-state index in [9.17, 15) is 24.3 Å². The SMILES string of the molecule is O=CC(=O)N(Nc1cc(Cl)ccc1-n1cnnn1)C(Cc1ccccc1)C(=O)Nc1ccc2[nH]c(C(=O)O)cc2c1. The minimum Gasteiger partial charge on any atom is -0.477 e. The summed E-state index contributed by atoms with van der Waals surface area (Å²) in [6, 6.07) is 18.7. The number of amides is 2. The Morgan fingerprint density at radius 3 is 2.59 bits per heavy atom. The van der Waals surface area contributed by atoms with Crippen LogP contribution in [0.1, 0.15) is 16.1 Å². The van der Waals surface area contributed by atoms with Crippen molar-refractivity contribution >= 4 is 57.9 Å². The molecule has 0 aliphatic heterocycles. The lowest BCUT2D eigenvalue weighted by Crippen LogP contribution is -2.52. The smallest absolute Gasteiger partial charge is 0.352 e. The molecule has 5 rings (SSSR count). The molecule has 3 aromatic carbocycles. The van der Waals surface area contributed by atoms with Crippen LogP contribution in [0, 0.1) is 0 Å². The van der Waals surface area contributed by atoms with Crippen molar-refractivity contribution in [2.24, 2.45) is 0 Å². The molecule has 0 radical (unpaired) electrons. The molecule has 13 nitrogen and oxygen atoms in total. The van der Waals surface area contributed by atoms with E-state index in [0.29, 0.717) is 27.3 Å². The molecule has 0 spiro atoms. The van der Waals surface area contributed by atoms with Crippen LogP contribution in [0.4, 0.5) is 11.4 Å². The topological polar surface area (TPSA) is 175 Å². The third-order valence-electron chi connectivity index (χ3n) is 6.14. The first-order valence-corrected chi connectivity index (χ1v) is 12.5. The van der Waals surface area contributed by atoms with Crippen LogP contribution in [0.3, 0.4) is 0 Å². The summed E-state index contributed by atoms with van der Waals surface area (Å²) in [5, 5.41) is 25.0. The quantitative estimate of drug-likeness (QED) is 0.111. The molecule has 0 saturated heterocycles. The van der Waals surface area contributed by atoms with Crippen molar-refractivity contribution < 1.29 is 24.3 Å². The number of aromatic amines is 1. The van der Waals surface area contributed by atoms with Gasteiger partial charge in [-0.05, 0) is 58.5 Å². The molecular formula is C27H21ClN8O5. The van der Waals surface area contributed by atoms with Gasteiger partial charge in [-0.25, -0.2) is 9.80 Å². The number of aromatic carboxylic acids is 1. The van der Waals surface area contributed by atoms with Crippen molar-refractivity contribution in [1.82, 2.24) is 30.2 Å². The van der Waals surface area contributed by atoms with Crippen LogP contribution in [0.25, 0.3) is 16.6 Å². The maximum Gasteiger partial charge on any atom is 0.352 e. The van der Waals surface area contributed by atoms with Gasteiger partial charge < -0.3 is 15.4 Å². The van der Waals surface area contributed by atoms with E-state index in [1.807, 2.05) is 6.07 Å². The summed E-state index contributed by atoms with van der Waals surface area (Å²) < 4.78 is 1.33. The number of nitrogens with one attached hydrogen (secondary N) is 3. The molecule has 0 fully saturated rings. The fourth-order valence-electron chi connectivity index (χ4n) is 4.23. The number of carbonyl (C=O) groups excluding carboxylic acids is 3. The van der Waals surface area contributed by atoms with Gasteiger partial charge >= 0.3 is 11.9 Å². The monoisotopic (exact) mass is 572 g/mol. The lowest BCUT2D eigenvalue weighted by Gasteiger charge is -2.31. The number of hydrazine groups is 1. The third kappa shape index (κ3) is 6.04. The molecule has 0 bridgehead atoms. The van der Waals surface area contributed by atoms with Crippen LogP contribution in [0.5, 0.6) is 0 Å². The summed E-state index contributed by atoms with van der Waals surface area (Å²) in [6.45, 7) is 0. The fourth-order valence-corrected chi connectivity index (χ4v) is 4.40. The highest BCUT2D eigenvalue weighted by Crippen LogP contribution is 2.26. The Balaban J connectivity index is 1.51. The number of hydrogen-bond acceptors (Lipinski definition) is 8. The minimum atomic E-state index is -1.23. The molecule has 206 valence electrons. The number of nitrogens with zero attached hydrogens (tertiary/aromatic N) is 5. The van der Waals surface area contributed by atoms with Gasteiger partial charge in [0, 0.05) is 28.0 Å². The van der Waals surface area contributed by atoms with E-state index in [2.05, 4.69) is 31.3 Å². The molecule has 0 aliphatic rings. The number of carboxylic acids is 1. The molecule has 1 atom stereocenters. The Hall–Kier alpha value is -5.56. The van der Waals surface area contributed by atoms with Crippen molar-refractivity contribution in [3.05, 3.63) is 95.4 Å². The largest absolute Gasteiger partial charge is 0.477 e. The molecule has 1 unspecified atom stereocenters. The second-order valence-electron chi connectivity index (χ2n) is 8.84. The fraction of sp³-hybridized carbons (Fsp3) is 0.0741. The highest BCUT2D eigenvalue weighted by atomic mass is 35.5. The van der Waals surface area contributed by atoms with Gasteiger partial charge in [0.1, 0.15) is 18.1 Å². The number of hydrogen-bond donors (Lipinski definition) is 4. The van der Waals surface area contributed by atoms with Crippen LogP contribution in [0.15, 0.2) is 79.1 Å². The molecule has 2 heterocycles. The van der Waals surface area contributed by atoms with E-state index < -0.39 is 23.8 Å². The number of benzene rings is 3. The van der Waals surface area contributed by atoms with Crippen molar-refractivity contribution in [2.75, 3.05) is 10.7 Å². The van der Waals surface area contributed by atoms with E-state index in [4.69, 9.17) is 11.6 Å². The van der Waals surface area contributed by atoms with Crippen LogP contribution >= 0.6 is 11.6 Å². The van der Waals surface area contributed by atoms with Crippen LogP contribution in [0.2, 0.25) is 5.02 Å². The Labute approximate surface area is 236 Å². The first-order chi connectivity index (χ1) is 19.8. The number of rotatable bonds is 10. The maximum atomic E-state index is 13.8. The normalized spacial score (nSPS) is 11.5. The zero-order valence-electron chi connectivity index (χ0n) is 21.1. The van der Waals surface area contributed by atoms with Gasteiger partial charge in [-0.2, -0.15) is 4.68 Å². The first-order valence-electron chi connectivity index (χ1n) is 12.1. The van der Waals surface area contributed by atoms with E-state index in [0.717, 1.165) is 10.6 Å². The molecule has 5 aromatic rings. The maximum absolute atomic E-state index is 13.8. The number of anilines is 2. The molecule has 2 amide bonds. The Kier molecular flexibility index (Phi) is 7.69. The van der Waals surface area contributed by atoms with Crippen LogP contribution in [-0.4, -0.2) is 65.4 Å². The number of aromatic nitrogens is 5. The van der Waals surface area contributed by atoms with E-state index in [1.165, 1.54) is 23.1 Å². The number of aldehydes is 1. The number of halogens is 1. The van der Waals surface area contributed by atoms with Gasteiger partial charge in [0.15, 0.2) is 0 Å². The summed E-state index contributed by atoms with van der Waals surface area (Å²) in [4.78, 5) is 52.7. The molecule has 14 heteroatoms. The number of carboxylic acid groups (broad SMARTS) is 1. The van der Waals surface area contributed by atoms with E-state index in [-0.39, 0.29) is 24.1 Å². The number of tetrazole rings is 1. The van der Waals surface area contributed by atoms with Gasteiger partial charge in [-0.3, -0.25) is 19.8 Å². The van der Waals surface area contributed by atoms with E-state index in [1.54, 1.807) is 54.6 Å². The van der Waals surface area contributed by atoms with Gasteiger partial charge in [0.25, 0.3) is 0 Å². The van der Waals surface area contributed by atoms with Crippen molar-refractivity contribution in [3.8, 4) is 5.69 Å². The third-order valence-corrected chi connectivity index (χ3v) is 6.37. The predicted molar refractivity (Wildman–Crippen MR) is 149 cm³/mol. The van der Waals surface area contributed by atoms with Crippen molar-refractivity contribution in [3.63, 3.8) is 0 Å². The molecule has 41 heavy (non-hydrogen) atoms.